The average Bonchev–Trinajstić information content (AvgIpc) is 2.64. The summed E-state index contributed by atoms with van der Waals surface area (Å²) in [6, 6.07) is 1.60. The molecule has 0 fully saturated rings. The highest BCUT2D eigenvalue weighted by molar-refractivity contribution is 7.49. The summed E-state index contributed by atoms with van der Waals surface area (Å²) in [6.45, 7) is 5.14. The number of phosphoric acid groups is 1. The average molecular weight is 262 g/mol. The number of phosphoric ester groups is 1. The lowest BCUT2D eigenvalue weighted by Crippen LogP contribution is -2.08. The molecule has 7 heteroatoms. The maximum absolute atomic E-state index is 11.9. The first-order chi connectivity index (χ1) is 8.02. The lowest BCUT2D eigenvalue weighted by atomic mass is 10.3. The zero-order chi connectivity index (χ0) is 12.9. The Morgan fingerprint density at radius 2 is 1.94 bits per heavy atom. The van der Waals surface area contributed by atoms with Crippen molar-refractivity contribution >= 4 is 13.8 Å². The van der Waals surface area contributed by atoms with Gasteiger partial charge in [-0.05, 0) is 26.8 Å². The van der Waals surface area contributed by atoms with Crippen LogP contribution < -0.4 is 0 Å². The summed E-state index contributed by atoms with van der Waals surface area (Å²) in [4.78, 5) is 11.6. The summed E-state index contributed by atoms with van der Waals surface area (Å²) >= 11 is 0. The smallest absolute Gasteiger partial charge is 0.457 e. The number of hydrogen-bond donors (Lipinski definition) is 0. The molecule has 1 heterocycles. The van der Waals surface area contributed by atoms with Gasteiger partial charge in [-0.1, -0.05) is 0 Å². The van der Waals surface area contributed by atoms with Crippen LogP contribution in [-0.2, 0) is 18.1 Å². The van der Waals surface area contributed by atoms with Crippen molar-refractivity contribution in [2.75, 3.05) is 13.2 Å². The van der Waals surface area contributed by atoms with E-state index in [2.05, 4.69) is 0 Å². The maximum atomic E-state index is 11.9. The molecule has 1 aromatic rings. The second-order valence-corrected chi connectivity index (χ2v) is 4.69. The van der Waals surface area contributed by atoms with E-state index in [-0.39, 0.29) is 19.0 Å². The Kier molecular flexibility index (Phi) is 4.93. The van der Waals surface area contributed by atoms with E-state index in [0.717, 1.165) is 0 Å². The van der Waals surface area contributed by atoms with E-state index in [4.69, 9.17) is 18.0 Å². The molecule has 0 spiro atoms. The van der Waals surface area contributed by atoms with E-state index in [9.17, 15) is 9.36 Å². The predicted octanol–water partition coefficient (Wildman–Crippen LogP) is 2.93. The van der Waals surface area contributed by atoms with Crippen molar-refractivity contribution in [3.8, 4) is 0 Å². The molecule has 0 N–H and O–H groups in total. The second-order valence-electron chi connectivity index (χ2n) is 3.09. The van der Waals surface area contributed by atoms with E-state index in [1.54, 1.807) is 26.8 Å². The Morgan fingerprint density at radius 3 is 2.35 bits per heavy atom. The Morgan fingerprint density at radius 1 is 1.35 bits per heavy atom. The van der Waals surface area contributed by atoms with Crippen LogP contribution in [0.2, 0.25) is 0 Å². The first kappa shape index (κ1) is 14.0. The zero-order valence-electron chi connectivity index (χ0n) is 9.97. The SMILES string of the molecule is CCOP(=O)(OCC)OC(=O)c1occc1C. The van der Waals surface area contributed by atoms with Gasteiger partial charge >= 0.3 is 13.8 Å². The number of aryl methyl sites for hydroxylation is 1. The predicted molar refractivity (Wildman–Crippen MR) is 59.7 cm³/mol. The number of furan rings is 1. The van der Waals surface area contributed by atoms with Gasteiger partial charge in [0.2, 0.25) is 5.76 Å². The third kappa shape index (κ3) is 3.70. The van der Waals surface area contributed by atoms with Crippen molar-refractivity contribution in [3.05, 3.63) is 23.7 Å². The molecule has 0 atom stereocenters. The van der Waals surface area contributed by atoms with Crippen LogP contribution >= 0.6 is 7.82 Å². The molecule has 96 valence electrons. The molecule has 0 saturated carbocycles. The van der Waals surface area contributed by atoms with Gasteiger partial charge in [0.05, 0.1) is 19.5 Å². The van der Waals surface area contributed by atoms with Gasteiger partial charge in [-0.25, -0.2) is 9.36 Å². The minimum Gasteiger partial charge on any atom is -0.457 e. The first-order valence-electron chi connectivity index (χ1n) is 5.19. The van der Waals surface area contributed by atoms with Crippen molar-refractivity contribution in [2.24, 2.45) is 0 Å². The standard InChI is InChI=1S/C10H15O6P/c1-4-14-17(12,15-5-2)16-10(11)9-8(3)6-7-13-9/h6-7H,4-5H2,1-3H3. The number of carbonyl (C=O) groups is 1. The van der Waals surface area contributed by atoms with Gasteiger partial charge in [0.25, 0.3) is 0 Å². The molecule has 0 aliphatic carbocycles. The molecule has 1 rings (SSSR count). The lowest BCUT2D eigenvalue weighted by Gasteiger charge is -2.15. The van der Waals surface area contributed by atoms with Gasteiger partial charge in [-0.15, -0.1) is 0 Å². The molecule has 0 aromatic carbocycles. The molecule has 0 unspecified atom stereocenters. The van der Waals surface area contributed by atoms with Gasteiger partial charge in [0, 0.05) is 5.56 Å². The van der Waals surface area contributed by atoms with E-state index in [1.165, 1.54) is 6.26 Å². The number of hydrogen-bond acceptors (Lipinski definition) is 6. The Balaban J connectivity index is 2.78. The van der Waals surface area contributed by atoms with E-state index in [0.29, 0.717) is 5.56 Å². The summed E-state index contributed by atoms with van der Waals surface area (Å²) < 4.78 is 31.2. The van der Waals surface area contributed by atoms with E-state index < -0.39 is 13.8 Å². The highest BCUT2D eigenvalue weighted by atomic mass is 31.2. The van der Waals surface area contributed by atoms with Gasteiger partial charge in [0.1, 0.15) is 0 Å². The highest BCUT2D eigenvalue weighted by Gasteiger charge is 2.32. The van der Waals surface area contributed by atoms with Crippen molar-refractivity contribution < 1.29 is 27.3 Å². The molecule has 6 nitrogen and oxygen atoms in total. The molecular weight excluding hydrogens is 247 g/mol. The van der Waals surface area contributed by atoms with Crippen LogP contribution in [0, 0.1) is 6.92 Å². The number of rotatable bonds is 6. The topological polar surface area (TPSA) is 75.0 Å². The molecule has 0 aliphatic rings. The van der Waals surface area contributed by atoms with Gasteiger partial charge in [-0.3, -0.25) is 9.05 Å². The second kappa shape index (κ2) is 6.00. The molecule has 0 bridgehead atoms. The highest BCUT2D eigenvalue weighted by Crippen LogP contribution is 2.49. The van der Waals surface area contributed by atoms with Crippen LogP contribution in [-0.4, -0.2) is 19.2 Å². The zero-order valence-corrected chi connectivity index (χ0v) is 10.9. The largest absolute Gasteiger partial charge is 0.532 e. The summed E-state index contributed by atoms with van der Waals surface area (Å²) in [5.41, 5.74) is 0.592. The van der Waals surface area contributed by atoms with Crippen molar-refractivity contribution in [2.45, 2.75) is 20.8 Å². The fourth-order valence-corrected chi connectivity index (χ4v) is 2.23. The third-order valence-electron chi connectivity index (χ3n) is 1.82. The monoisotopic (exact) mass is 262 g/mol. The molecule has 0 aliphatic heterocycles. The molecule has 1 aromatic heterocycles. The molecular formula is C10H15O6P. The van der Waals surface area contributed by atoms with Crippen LogP contribution in [0.15, 0.2) is 16.7 Å². The normalized spacial score (nSPS) is 11.5. The van der Waals surface area contributed by atoms with Gasteiger partial charge in [0.15, 0.2) is 0 Å². The lowest BCUT2D eigenvalue weighted by molar-refractivity contribution is 0.0572. The van der Waals surface area contributed by atoms with Crippen LogP contribution in [0.5, 0.6) is 0 Å². The summed E-state index contributed by atoms with van der Waals surface area (Å²) in [5, 5.41) is 0. The molecule has 0 amide bonds. The van der Waals surface area contributed by atoms with Crippen molar-refractivity contribution in [1.82, 2.24) is 0 Å². The summed E-state index contributed by atoms with van der Waals surface area (Å²) in [7, 11) is -3.85. The molecule has 17 heavy (non-hydrogen) atoms. The van der Waals surface area contributed by atoms with Crippen molar-refractivity contribution in [3.63, 3.8) is 0 Å². The van der Waals surface area contributed by atoms with Crippen LogP contribution in [0.1, 0.15) is 30.0 Å². The first-order valence-corrected chi connectivity index (χ1v) is 6.65. The fourth-order valence-electron chi connectivity index (χ4n) is 1.13. The quantitative estimate of drug-likeness (QED) is 0.734. The van der Waals surface area contributed by atoms with Crippen LogP contribution in [0.25, 0.3) is 0 Å². The summed E-state index contributed by atoms with van der Waals surface area (Å²) in [5.74, 6) is -0.873. The summed E-state index contributed by atoms with van der Waals surface area (Å²) in [6.07, 6.45) is 1.35. The van der Waals surface area contributed by atoms with E-state index >= 15 is 0 Å². The Labute approximate surface area is 99.5 Å². The minimum absolute atomic E-state index is 0.00960. The third-order valence-corrected chi connectivity index (χ3v) is 3.35. The molecule has 0 radical (unpaired) electrons. The van der Waals surface area contributed by atoms with Crippen molar-refractivity contribution in [1.29, 1.82) is 0 Å². The van der Waals surface area contributed by atoms with Gasteiger partial charge < -0.3 is 8.94 Å². The Bertz CT molecular complexity index is 414. The van der Waals surface area contributed by atoms with Crippen LogP contribution in [0.3, 0.4) is 0 Å². The minimum atomic E-state index is -3.85. The Hall–Kier alpha value is -1.10. The fraction of sp³-hybridized carbons (Fsp3) is 0.500. The van der Waals surface area contributed by atoms with Crippen LogP contribution in [0.4, 0.5) is 0 Å². The molecule has 0 saturated heterocycles. The van der Waals surface area contributed by atoms with Gasteiger partial charge in [-0.2, -0.15) is 0 Å². The maximum Gasteiger partial charge on any atom is 0.532 e. The number of carbonyl (C=O) groups excluding carboxylic acids is 1. The van der Waals surface area contributed by atoms with E-state index in [1.807, 2.05) is 0 Å².